The minimum Gasteiger partial charge on any atom is -0.482 e. The highest BCUT2D eigenvalue weighted by atomic mass is 79.9. The van der Waals surface area contributed by atoms with Gasteiger partial charge in [0.15, 0.2) is 6.61 Å². The van der Waals surface area contributed by atoms with Gasteiger partial charge in [0.1, 0.15) is 12.2 Å². The summed E-state index contributed by atoms with van der Waals surface area (Å²) in [6.07, 6.45) is -0.477. The largest absolute Gasteiger partial charge is 0.482 e. The number of halogens is 2. The van der Waals surface area contributed by atoms with Crippen molar-refractivity contribution < 1.29 is 23.9 Å². The number of aryl methyl sites for hydroxylation is 1. The average molecular weight is 438 g/mol. The Kier molecular flexibility index (Phi) is 7.33. The van der Waals surface area contributed by atoms with E-state index in [9.17, 15) is 14.4 Å². The summed E-state index contributed by atoms with van der Waals surface area (Å²) in [6, 6.07) is 3.63. The number of hydrazine groups is 1. The van der Waals surface area contributed by atoms with Crippen LogP contribution in [-0.2, 0) is 19.1 Å². The van der Waals surface area contributed by atoms with E-state index in [1.54, 1.807) is 6.07 Å². The van der Waals surface area contributed by atoms with Gasteiger partial charge < -0.3 is 9.47 Å². The van der Waals surface area contributed by atoms with Crippen LogP contribution in [0.15, 0.2) is 21.1 Å². The summed E-state index contributed by atoms with van der Waals surface area (Å²) in [6.45, 7) is 1.54. The third-order valence-electron chi connectivity index (χ3n) is 2.42. The molecule has 0 heterocycles. The standard InChI is InChI=1S/C13H14Br2N2O5/c1-7-3-8(14)4-9(15)13(7)22-6-11(19)17-16-10(18)5-12(20)21-2/h3-4H,5-6H2,1-2H3,(H,16,18)(H,17,19). The molecule has 1 rings (SSSR count). The zero-order valence-electron chi connectivity index (χ0n) is 11.9. The summed E-state index contributed by atoms with van der Waals surface area (Å²) in [5, 5.41) is 0. The fourth-order valence-electron chi connectivity index (χ4n) is 1.43. The maximum atomic E-state index is 11.6. The van der Waals surface area contributed by atoms with Gasteiger partial charge >= 0.3 is 5.97 Å². The highest BCUT2D eigenvalue weighted by Crippen LogP contribution is 2.32. The van der Waals surface area contributed by atoms with Gasteiger partial charge in [-0.2, -0.15) is 0 Å². The Bertz CT molecular complexity index is 569. The molecule has 0 saturated heterocycles. The van der Waals surface area contributed by atoms with Gasteiger partial charge in [-0.15, -0.1) is 0 Å². The van der Waals surface area contributed by atoms with Gasteiger partial charge in [0.05, 0.1) is 11.6 Å². The van der Waals surface area contributed by atoms with Crippen molar-refractivity contribution in [2.45, 2.75) is 13.3 Å². The maximum Gasteiger partial charge on any atom is 0.315 e. The van der Waals surface area contributed by atoms with Crippen LogP contribution in [0.1, 0.15) is 12.0 Å². The van der Waals surface area contributed by atoms with Gasteiger partial charge in [0.2, 0.25) is 5.91 Å². The SMILES string of the molecule is COC(=O)CC(=O)NNC(=O)COc1c(C)cc(Br)cc1Br. The molecule has 1 aromatic carbocycles. The lowest BCUT2D eigenvalue weighted by Gasteiger charge is -2.12. The number of amides is 2. The molecule has 0 unspecified atom stereocenters. The predicted octanol–water partition coefficient (Wildman–Crippen LogP) is 1.61. The molecule has 0 saturated carbocycles. The highest BCUT2D eigenvalue weighted by molar-refractivity contribution is 9.11. The molecule has 0 bridgehead atoms. The van der Waals surface area contributed by atoms with Gasteiger partial charge in [-0.3, -0.25) is 25.2 Å². The number of benzene rings is 1. The average Bonchev–Trinajstić information content (AvgIpc) is 2.43. The summed E-state index contributed by atoms with van der Waals surface area (Å²) in [4.78, 5) is 33.7. The second kappa shape index (κ2) is 8.74. The van der Waals surface area contributed by atoms with Crippen molar-refractivity contribution in [3.63, 3.8) is 0 Å². The van der Waals surface area contributed by atoms with E-state index < -0.39 is 24.2 Å². The number of esters is 1. The van der Waals surface area contributed by atoms with Crippen LogP contribution in [0, 0.1) is 6.92 Å². The Morgan fingerprint density at radius 3 is 2.36 bits per heavy atom. The lowest BCUT2D eigenvalue weighted by Crippen LogP contribution is -2.44. The zero-order valence-corrected chi connectivity index (χ0v) is 15.0. The summed E-state index contributed by atoms with van der Waals surface area (Å²) in [7, 11) is 1.17. The fraction of sp³-hybridized carbons (Fsp3) is 0.308. The van der Waals surface area contributed by atoms with Gasteiger partial charge in [0, 0.05) is 4.47 Å². The number of rotatable bonds is 5. The van der Waals surface area contributed by atoms with Gasteiger partial charge in [-0.25, -0.2) is 0 Å². The quantitative estimate of drug-likeness (QED) is 0.414. The van der Waals surface area contributed by atoms with Crippen LogP contribution in [0.4, 0.5) is 0 Å². The lowest BCUT2D eigenvalue weighted by molar-refractivity contribution is -0.144. The minimum absolute atomic E-state index is 0.292. The van der Waals surface area contributed by atoms with Crippen LogP contribution in [0.25, 0.3) is 0 Å². The van der Waals surface area contributed by atoms with Crippen molar-refractivity contribution in [2.24, 2.45) is 0 Å². The van der Waals surface area contributed by atoms with E-state index in [1.165, 1.54) is 7.11 Å². The minimum atomic E-state index is -0.697. The molecule has 0 atom stereocenters. The highest BCUT2D eigenvalue weighted by Gasteiger charge is 2.12. The second-order valence-corrected chi connectivity index (χ2v) is 5.94. The van der Waals surface area contributed by atoms with Gasteiger partial charge in [-0.05, 0) is 40.5 Å². The Labute approximate surface area is 144 Å². The molecule has 1 aromatic rings. The number of ether oxygens (including phenoxy) is 2. The van der Waals surface area contributed by atoms with E-state index in [-0.39, 0.29) is 6.61 Å². The van der Waals surface area contributed by atoms with Crippen LogP contribution in [-0.4, -0.2) is 31.5 Å². The van der Waals surface area contributed by atoms with Crippen LogP contribution in [0.2, 0.25) is 0 Å². The van der Waals surface area contributed by atoms with Crippen molar-refractivity contribution in [2.75, 3.05) is 13.7 Å². The Balaban J connectivity index is 2.44. The molecule has 0 aliphatic carbocycles. The molecule has 120 valence electrons. The van der Waals surface area contributed by atoms with Crippen molar-refractivity contribution in [1.82, 2.24) is 10.9 Å². The van der Waals surface area contributed by atoms with E-state index >= 15 is 0 Å². The fourth-order valence-corrected chi connectivity index (χ4v) is 2.99. The zero-order chi connectivity index (χ0) is 16.7. The Morgan fingerprint density at radius 1 is 1.14 bits per heavy atom. The molecule has 0 aliphatic rings. The predicted molar refractivity (Wildman–Crippen MR) is 85.0 cm³/mol. The summed E-state index contributed by atoms with van der Waals surface area (Å²) in [5.74, 6) is -1.41. The van der Waals surface area contributed by atoms with Crippen molar-refractivity contribution in [1.29, 1.82) is 0 Å². The first kappa shape index (κ1) is 18.4. The molecular formula is C13H14Br2N2O5. The Morgan fingerprint density at radius 2 is 1.77 bits per heavy atom. The van der Waals surface area contributed by atoms with Crippen molar-refractivity contribution >= 4 is 49.6 Å². The number of carbonyl (C=O) groups is 3. The Hall–Kier alpha value is -1.61. The monoisotopic (exact) mass is 436 g/mol. The number of hydrogen-bond donors (Lipinski definition) is 2. The third kappa shape index (κ3) is 6.02. The first-order valence-corrected chi connectivity index (χ1v) is 7.65. The van der Waals surface area contributed by atoms with E-state index in [1.807, 2.05) is 13.0 Å². The lowest BCUT2D eigenvalue weighted by atomic mass is 10.2. The summed E-state index contributed by atoms with van der Waals surface area (Å²) < 4.78 is 11.3. The van der Waals surface area contributed by atoms with E-state index in [0.29, 0.717) is 10.2 Å². The number of hydrogen-bond acceptors (Lipinski definition) is 5. The van der Waals surface area contributed by atoms with Crippen molar-refractivity contribution in [3.8, 4) is 5.75 Å². The van der Waals surface area contributed by atoms with E-state index in [0.717, 1.165) is 10.0 Å². The van der Waals surface area contributed by atoms with Gasteiger partial charge in [-0.1, -0.05) is 15.9 Å². The first-order chi connectivity index (χ1) is 10.3. The van der Waals surface area contributed by atoms with Gasteiger partial charge in [0.25, 0.3) is 5.91 Å². The molecule has 22 heavy (non-hydrogen) atoms. The van der Waals surface area contributed by atoms with E-state index in [2.05, 4.69) is 47.4 Å². The molecular weight excluding hydrogens is 424 g/mol. The third-order valence-corrected chi connectivity index (χ3v) is 3.46. The van der Waals surface area contributed by atoms with Crippen molar-refractivity contribution in [3.05, 3.63) is 26.6 Å². The normalized spacial score (nSPS) is 9.82. The smallest absolute Gasteiger partial charge is 0.315 e. The number of methoxy groups -OCH3 is 1. The molecule has 0 fully saturated rings. The molecule has 0 aliphatic heterocycles. The van der Waals surface area contributed by atoms with Crippen LogP contribution >= 0.6 is 31.9 Å². The van der Waals surface area contributed by atoms with Crippen LogP contribution < -0.4 is 15.6 Å². The summed E-state index contributed by atoms with van der Waals surface area (Å²) in [5.41, 5.74) is 5.06. The molecule has 2 amide bonds. The topological polar surface area (TPSA) is 93.7 Å². The number of nitrogens with one attached hydrogen (secondary N) is 2. The molecule has 0 radical (unpaired) electrons. The van der Waals surface area contributed by atoms with Crippen LogP contribution in [0.3, 0.4) is 0 Å². The molecule has 0 spiro atoms. The molecule has 0 aromatic heterocycles. The molecule has 7 nitrogen and oxygen atoms in total. The first-order valence-electron chi connectivity index (χ1n) is 6.06. The van der Waals surface area contributed by atoms with E-state index in [4.69, 9.17) is 4.74 Å². The molecule has 9 heteroatoms. The second-order valence-electron chi connectivity index (χ2n) is 4.17. The van der Waals surface area contributed by atoms with Crippen LogP contribution in [0.5, 0.6) is 5.75 Å². The summed E-state index contributed by atoms with van der Waals surface area (Å²) >= 11 is 6.68. The molecule has 2 N–H and O–H groups in total. The maximum absolute atomic E-state index is 11.6. The number of carbonyl (C=O) groups excluding carboxylic acids is 3.